The first-order chi connectivity index (χ1) is 24.4. The lowest BCUT2D eigenvalue weighted by atomic mass is 10.1. The SMILES string of the molecule is c1ccc(-n2c3ccccc3c3c4ccccc4n(-c4nnc(-n5c6ccccc6c6c7ccccc7n(-c7ccccc7)c65)o4)c32)cc1. The first-order valence-corrected chi connectivity index (χ1v) is 16.4. The number of hydrogen-bond acceptors (Lipinski definition) is 3. The number of aromatic nitrogens is 6. The molecule has 0 radical (unpaired) electrons. The molecule has 5 heterocycles. The molecule has 0 bridgehead atoms. The van der Waals surface area contributed by atoms with Crippen molar-refractivity contribution in [2.45, 2.75) is 0 Å². The van der Waals surface area contributed by atoms with Crippen molar-refractivity contribution in [1.82, 2.24) is 28.5 Å². The summed E-state index contributed by atoms with van der Waals surface area (Å²) in [5, 5.41) is 16.5. The minimum absolute atomic E-state index is 0.398. The normalized spacial score (nSPS) is 12.1. The average molecular weight is 631 g/mol. The van der Waals surface area contributed by atoms with Crippen LogP contribution in [0.25, 0.3) is 89.1 Å². The Balaban J connectivity index is 1.26. The molecule has 0 spiro atoms. The molecule has 7 heteroatoms. The monoisotopic (exact) mass is 630 g/mol. The Hall–Kier alpha value is -6.86. The van der Waals surface area contributed by atoms with E-state index in [-0.39, 0.29) is 0 Å². The maximum Gasteiger partial charge on any atom is 0.330 e. The van der Waals surface area contributed by atoms with E-state index in [9.17, 15) is 0 Å². The molecule has 5 aromatic heterocycles. The van der Waals surface area contributed by atoms with Crippen LogP contribution in [0.15, 0.2) is 162 Å². The van der Waals surface area contributed by atoms with Crippen LogP contribution in [0, 0.1) is 0 Å². The van der Waals surface area contributed by atoms with Gasteiger partial charge in [0.05, 0.1) is 22.1 Å². The lowest BCUT2D eigenvalue weighted by Gasteiger charge is -2.10. The van der Waals surface area contributed by atoms with E-state index in [4.69, 9.17) is 14.6 Å². The van der Waals surface area contributed by atoms with Crippen LogP contribution in [-0.2, 0) is 0 Å². The van der Waals surface area contributed by atoms with Crippen LogP contribution in [0.2, 0.25) is 0 Å². The van der Waals surface area contributed by atoms with E-state index < -0.39 is 0 Å². The van der Waals surface area contributed by atoms with E-state index in [1.54, 1.807) is 0 Å². The average Bonchev–Trinajstić information content (AvgIpc) is 3.97. The Kier molecular flexibility index (Phi) is 5.26. The summed E-state index contributed by atoms with van der Waals surface area (Å²) in [5.41, 5.74) is 8.30. The molecule has 0 aliphatic heterocycles. The molecular weight excluding hydrogens is 605 g/mol. The summed E-state index contributed by atoms with van der Waals surface area (Å²) in [6.45, 7) is 0. The molecule has 0 saturated carbocycles. The zero-order valence-corrected chi connectivity index (χ0v) is 26.1. The van der Waals surface area contributed by atoms with Gasteiger partial charge in [-0.1, -0.05) is 119 Å². The van der Waals surface area contributed by atoms with Crippen molar-refractivity contribution in [2.24, 2.45) is 0 Å². The second kappa shape index (κ2) is 9.82. The fourth-order valence-electron chi connectivity index (χ4n) is 7.85. The smallest absolute Gasteiger partial charge is 0.330 e. The van der Waals surface area contributed by atoms with Crippen molar-refractivity contribution < 1.29 is 4.42 Å². The van der Waals surface area contributed by atoms with Crippen LogP contribution in [0.3, 0.4) is 0 Å². The van der Waals surface area contributed by atoms with Gasteiger partial charge in [0.25, 0.3) is 0 Å². The second-order valence-corrected chi connectivity index (χ2v) is 12.3. The lowest BCUT2D eigenvalue weighted by Crippen LogP contribution is -2.02. The summed E-state index contributed by atoms with van der Waals surface area (Å²) in [5.74, 6) is 0. The molecule has 0 saturated heterocycles. The van der Waals surface area contributed by atoms with Gasteiger partial charge in [0.1, 0.15) is 11.3 Å². The van der Waals surface area contributed by atoms with E-state index in [1.165, 1.54) is 10.8 Å². The van der Waals surface area contributed by atoms with E-state index in [2.05, 4.69) is 164 Å². The number of para-hydroxylation sites is 6. The van der Waals surface area contributed by atoms with Crippen LogP contribution < -0.4 is 0 Å². The molecule has 49 heavy (non-hydrogen) atoms. The predicted molar refractivity (Wildman–Crippen MR) is 197 cm³/mol. The van der Waals surface area contributed by atoms with Gasteiger partial charge in [-0.25, -0.2) is 9.13 Å². The molecule has 0 unspecified atom stereocenters. The minimum atomic E-state index is 0.398. The van der Waals surface area contributed by atoms with Crippen LogP contribution >= 0.6 is 0 Å². The topological polar surface area (TPSA) is 58.6 Å². The van der Waals surface area contributed by atoms with Gasteiger partial charge in [-0.3, -0.25) is 9.13 Å². The van der Waals surface area contributed by atoms with Crippen LogP contribution in [0.4, 0.5) is 0 Å². The maximum atomic E-state index is 6.86. The zero-order valence-electron chi connectivity index (χ0n) is 26.1. The molecule has 0 fully saturated rings. The first-order valence-electron chi connectivity index (χ1n) is 16.4. The quantitative estimate of drug-likeness (QED) is 0.194. The zero-order chi connectivity index (χ0) is 32.1. The Bertz CT molecular complexity index is 2840. The maximum absolute atomic E-state index is 6.86. The molecule has 0 N–H and O–H groups in total. The third-order valence-corrected chi connectivity index (χ3v) is 9.77. The second-order valence-electron chi connectivity index (χ2n) is 12.3. The van der Waals surface area contributed by atoms with Gasteiger partial charge in [-0.2, -0.15) is 0 Å². The molecule has 11 aromatic rings. The highest BCUT2D eigenvalue weighted by molar-refractivity contribution is 6.23. The van der Waals surface area contributed by atoms with E-state index in [0.29, 0.717) is 12.0 Å². The first kappa shape index (κ1) is 26.2. The molecular formula is C42H26N6O. The summed E-state index contributed by atoms with van der Waals surface area (Å²) in [4.78, 5) is 0. The van der Waals surface area contributed by atoms with Gasteiger partial charge in [0.15, 0.2) is 0 Å². The van der Waals surface area contributed by atoms with E-state index in [0.717, 1.165) is 66.3 Å². The Morgan fingerprint density at radius 1 is 0.327 bits per heavy atom. The summed E-state index contributed by atoms with van der Waals surface area (Å²) >= 11 is 0. The molecule has 0 atom stereocenters. The van der Waals surface area contributed by atoms with Gasteiger partial charge in [-0.05, 0) is 48.5 Å². The molecule has 11 rings (SSSR count). The van der Waals surface area contributed by atoms with Crippen molar-refractivity contribution in [2.75, 3.05) is 0 Å². The summed E-state index contributed by atoms with van der Waals surface area (Å²) in [7, 11) is 0. The molecule has 0 aliphatic carbocycles. The summed E-state index contributed by atoms with van der Waals surface area (Å²) < 4.78 is 15.7. The Morgan fingerprint density at radius 2 is 0.633 bits per heavy atom. The largest absolute Gasteiger partial charge is 0.388 e. The van der Waals surface area contributed by atoms with E-state index in [1.807, 2.05) is 12.1 Å². The van der Waals surface area contributed by atoms with Gasteiger partial charge in [-0.15, -0.1) is 0 Å². The third-order valence-electron chi connectivity index (χ3n) is 9.77. The van der Waals surface area contributed by atoms with Crippen LogP contribution in [0.1, 0.15) is 0 Å². The van der Waals surface area contributed by atoms with Crippen molar-refractivity contribution in [3.05, 3.63) is 158 Å². The molecule has 230 valence electrons. The van der Waals surface area contributed by atoms with Gasteiger partial charge in [0, 0.05) is 43.7 Å². The van der Waals surface area contributed by atoms with Crippen molar-refractivity contribution >= 4 is 65.7 Å². The number of fused-ring (bicyclic) bond motifs is 10. The number of rotatable bonds is 4. The van der Waals surface area contributed by atoms with Crippen LogP contribution in [0.5, 0.6) is 0 Å². The van der Waals surface area contributed by atoms with Crippen molar-refractivity contribution in [1.29, 1.82) is 0 Å². The highest BCUT2D eigenvalue weighted by atomic mass is 16.4. The molecule has 0 amide bonds. The number of hydrogen-bond donors (Lipinski definition) is 0. The summed E-state index contributed by atoms with van der Waals surface area (Å²) in [6, 6.07) is 55.7. The highest BCUT2D eigenvalue weighted by Crippen LogP contribution is 2.43. The van der Waals surface area contributed by atoms with Gasteiger partial charge >= 0.3 is 12.0 Å². The Morgan fingerprint density at radius 3 is 1.00 bits per heavy atom. The molecule has 0 aliphatic rings. The lowest BCUT2D eigenvalue weighted by molar-refractivity contribution is 0.513. The van der Waals surface area contributed by atoms with Gasteiger partial charge < -0.3 is 4.42 Å². The molecule has 7 nitrogen and oxygen atoms in total. The van der Waals surface area contributed by atoms with Crippen LogP contribution in [-0.4, -0.2) is 28.5 Å². The standard InChI is InChI=1S/C42H26N6O/c1-3-15-27(16-4-1)45-33-23-11-7-19-29(33)37-31-21-9-13-25-35(31)47(39(37)45)41-43-44-42(49-41)48-36-26-14-10-22-32(36)38-30-20-8-12-24-34(30)46(40(38)48)28-17-5-2-6-18-28/h1-26H. The highest BCUT2D eigenvalue weighted by Gasteiger charge is 2.27. The minimum Gasteiger partial charge on any atom is -0.388 e. The Labute approximate surface area is 279 Å². The number of nitrogens with zero attached hydrogens (tertiary/aromatic N) is 6. The number of benzene rings is 6. The predicted octanol–water partition coefficient (Wildman–Crippen LogP) is 10.2. The fraction of sp³-hybridized carbons (Fsp3) is 0. The van der Waals surface area contributed by atoms with Crippen molar-refractivity contribution in [3.8, 4) is 23.4 Å². The van der Waals surface area contributed by atoms with Gasteiger partial charge in [0.2, 0.25) is 0 Å². The fourth-order valence-corrected chi connectivity index (χ4v) is 7.85. The van der Waals surface area contributed by atoms with Crippen molar-refractivity contribution in [3.63, 3.8) is 0 Å². The summed E-state index contributed by atoms with van der Waals surface area (Å²) in [6.07, 6.45) is 0. The third kappa shape index (κ3) is 3.50. The molecule has 6 aromatic carbocycles. The van der Waals surface area contributed by atoms with E-state index >= 15 is 0 Å².